The van der Waals surface area contributed by atoms with Crippen LogP contribution in [0.15, 0.2) is 106 Å². The lowest BCUT2D eigenvalue weighted by Crippen LogP contribution is -2.30. The molecule has 0 aliphatic heterocycles. The Kier molecular flexibility index (Phi) is 9.25. The van der Waals surface area contributed by atoms with Crippen molar-refractivity contribution >= 4 is 73.6 Å². The highest BCUT2D eigenvalue weighted by molar-refractivity contribution is 9.10. The molecule has 1 aromatic heterocycles. The standard InChI is InChI=1S/C27H21BrN4O3S2/c28-20-11-9-18(10-12-20)15-23(31-25(34)19-5-2-1-3-6-19)26(35)30-21-7-4-8-22(16-21)37-17-24(33)32-27-29-13-14-36-27/h1-16H,17H2,(H,30,35)(H,31,34)(H,29,32,33)/b23-15-. The molecule has 7 nitrogen and oxygen atoms in total. The molecule has 0 unspecified atom stereocenters. The molecule has 3 aromatic carbocycles. The number of anilines is 2. The zero-order valence-electron chi connectivity index (χ0n) is 19.3. The topological polar surface area (TPSA) is 100 Å². The van der Waals surface area contributed by atoms with E-state index in [1.165, 1.54) is 23.1 Å². The summed E-state index contributed by atoms with van der Waals surface area (Å²) in [6.45, 7) is 0. The lowest BCUT2D eigenvalue weighted by molar-refractivity contribution is -0.114. The lowest BCUT2D eigenvalue weighted by Gasteiger charge is -2.12. The van der Waals surface area contributed by atoms with E-state index >= 15 is 0 Å². The summed E-state index contributed by atoms with van der Waals surface area (Å²) in [7, 11) is 0. The maximum Gasteiger partial charge on any atom is 0.272 e. The van der Waals surface area contributed by atoms with Gasteiger partial charge in [0.15, 0.2) is 5.13 Å². The maximum absolute atomic E-state index is 13.2. The van der Waals surface area contributed by atoms with E-state index in [0.29, 0.717) is 16.4 Å². The van der Waals surface area contributed by atoms with E-state index in [2.05, 4.69) is 36.9 Å². The summed E-state index contributed by atoms with van der Waals surface area (Å²) in [6.07, 6.45) is 3.24. The molecule has 0 saturated heterocycles. The van der Waals surface area contributed by atoms with Gasteiger partial charge in [0.1, 0.15) is 5.70 Å². The van der Waals surface area contributed by atoms with Crippen molar-refractivity contribution in [2.75, 3.05) is 16.4 Å². The van der Waals surface area contributed by atoms with Crippen molar-refractivity contribution in [1.29, 1.82) is 0 Å². The first kappa shape index (κ1) is 26.3. The number of hydrogen-bond acceptors (Lipinski definition) is 6. The lowest BCUT2D eigenvalue weighted by atomic mass is 10.1. The van der Waals surface area contributed by atoms with E-state index in [4.69, 9.17) is 0 Å². The zero-order valence-corrected chi connectivity index (χ0v) is 22.5. The second-order valence-electron chi connectivity index (χ2n) is 7.59. The number of amides is 3. The molecule has 0 spiro atoms. The Hall–Kier alpha value is -3.73. The molecule has 0 radical (unpaired) electrons. The minimum atomic E-state index is -0.476. The molecule has 4 aromatic rings. The van der Waals surface area contributed by atoms with Crippen LogP contribution in [0.4, 0.5) is 10.8 Å². The first-order chi connectivity index (χ1) is 18.0. The Labute approximate surface area is 230 Å². The average molecular weight is 594 g/mol. The van der Waals surface area contributed by atoms with Gasteiger partial charge in [-0.3, -0.25) is 14.4 Å². The minimum absolute atomic E-state index is 0.0945. The molecule has 0 aliphatic rings. The molecule has 10 heteroatoms. The van der Waals surface area contributed by atoms with Crippen molar-refractivity contribution < 1.29 is 14.4 Å². The largest absolute Gasteiger partial charge is 0.321 e. The molecule has 0 saturated carbocycles. The van der Waals surface area contributed by atoms with Gasteiger partial charge in [0.25, 0.3) is 11.8 Å². The molecule has 0 fully saturated rings. The third-order valence-electron chi connectivity index (χ3n) is 4.85. The number of carbonyl (C=O) groups excluding carboxylic acids is 3. The van der Waals surface area contributed by atoms with E-state index in [9.17, 15) is 14.4 Å². The molecular formula is C27H21BrN4O3S2. The van der Waals surface area contributed by atoms with Crippen LogP contribution in [0.1, 0.15) is 15.9 Å². The molecule has 4 rings (SSSR count). The first-order valence-corrected chi connectivity index (χ1v) is 13.7. The zero-order chi connectivity index (χ0) is 26.0. The van der Waals surface area contributed by atoms with Gasteiger partial charge in [-0.25, -0.2) is 4.98 Å². The molecule has 0 atom stereocenters. The van der Waals surface area contributed by atoms with Gasteiger partial charge in [-0.2, -0.15) is 0 Å². The van der Waals surface area contributed by atoms with E-state index in [-0.39, 0.29) is 17.4 Å². The number of benzene rings is 3. The molecular weight excluding hydrogens is 572 g/mol. The van der Waals surface area contributed by atoms with Crippen LogP contribution in [-0.2, 0) is 9.59 Å². The Morgan fingerprint density at radius 1 is 0.946 bits per heavy atom. The monoisotopic (exact) mass is 592 g/mol. The Bertz CT molecular complexity index is 1410. The number of aromatic nitrogens is 1. The van der Waals surface area contributed by atoms with Gasteiger partial charge in [0, 0.05) is 32.2 Å². The second-order valence-corrected chi connectivity index (χ2v) is 10.4. The van der Waals surface area contributed by atoms with Crippen molar-refractivity contribution in [2.24, 2.45) is 0 Å². The first-order valence-electron chi connectivity index (χ1n) is 11.0. The highest BCUT2D eigenvalue weighted by Gasteiger charge is 2.15. The second kappa shape index (κ2) is 13.0. The minimum Gasteiger partial charge on any atom is -0.321 e. The fourth-order valence-electron chi connectivity index (χ4n) is 3.12. The van der Waals surface area contributed by atoms with Crippen molar-refractivity contribution in [2.45, 2.75) is 4.90 Å². The predicted molar refractivity (Wildman–Crippen MR) is 153 cm³/mol. The third-order valence-corrected chi connectivity index (χ3v) is 7.06. The SMILES string of the molecule is O=C(CSc1cccc(NC(=O)/C(=C/c2ccc(Br)cc2)NC(=O)c2ccccc2)c1)Nc1nccs1. The van der Waals surface area contributed by atoms with Crippen molar-refractivity contribution in [1.82, 2.24) is 10.3 Å². The van der Waals surface area contributed by atoms with Crippen LogP contribution in [0.3, 0.4) is 0 Å². The molecule has 0 bridgehead atoms. The summed E-state index contributed by atoms with van der Waals surface area (Å²) < 4.78 is 0.902. The number of carbonyl (C=O) groups is 3. The quantitative estimate of drug-likeness (QED) is 0.162. The summed E-state index contributed by atoms with van der Waals surface area (Å²) in [6, 6.07) is 23.2. The summed E-state index contributed by atoms with van der Waals surface area (Å²) in [5.41, 5.74) is 1.81. The maximum atomic E-state index is 13.2. The van der Waals surface area contributed by atoms with Gasteiger partial charge in [0.05, 0.1) is 5.75 Å². The van der Waals surface area contributed by atoms with Gasteiger partial charge < -0.3 is 16.0 Å². The number of thiazole rings is 1. The van der Waals surface area contributed by atoms with Crippen molar-refractivity contribution in [3.63, 3.8) is 0 Å². The van der Waals surface area contributed by atoms with Gasteiger partial charge in [0.2, 0.25) is 5.91 Å². The number of halogens is 1. The molecule has 37 heavy (non-hydrogen) atoms. The summed E-state index contributed by atoms with van der Waals surface area (Å²) in [4.78, 5) is 43.0. The highest BCUT2D eigenvalue weighted by Crippen LogP contribution is 2.23. The predicted octanol–water partition coefficient (Wildman–Crippen LogP) is 6.05. The number of nitrogens with zero attached hydrogens (tertiary/aromatic N) is 1. The van der Waals surface area contributed by atoms with Crippen molar-refractivity contribution in [3.05, 3.63) is 112 Å². The van der Waals surface area contributed by atoms with Crippen molar-refractivity contribution in [3.8, 4) is 0 Å². The summed E-state index contributed by atoms with van der Waals surface area (Å²) in [5, 5.41) is 10.6. The number of nitrogens with one attached hydrogen (secondary N) is 3. The molecule has 3 N–H and O–H groups in total. The van der Waals surface area contributed by atoms with Crippen LogP contribution in [0.25, 0.3) is 6.08 Å². The summed E-state index contributed by atoms with van der Waals surface area (Å²) >= 11 is 6.09. The fourth-order valence-corrected chi connectivity index (χ4v) is 4.68. The van der Waals surface area contributed by atoms with E-state index in [1.807, 2.05) is 36.4 Å². The molecule has 0 aliphatic carbocycles. The van der Waals surface area contributed by atoms with Crippen LogP contribution in [0.2, 0.25) is 0 Å². The fraction of sp³-hybridized carbons (Fsp3) is 0.0370. The van der Waals surface area contributed by atoms with Crippen LogP contribution in [0, 0.1) is 0 Å². The molecule has 1 heterocycles. The average Bonchev–Trinajstić information content (AvgIpc) is 3.42. The van der Waals surface area contributed by atoms with Gasteiger partial charge >= 0.3 is 0 Å². The highest BCUT2D eigenvalue weighted by atomic mass is 79.9. The van der Waals surface area contributed by atoms with Crippen LogP contribution < -0.4 is 16.0 Å². The van der Waals surface area contributed by atoms with Crippen LogP contribution in [0.5, 0.6) is 0 Å². The van der Waals surface area contributed by atoms with Crippen LogP contribution >= 0.6 is 39.0 Å². The number of hydrogen-bond donors (Lipinski definition) is 3. The van der Waals surface area contributed by atoms with Crippen LogP contribution in [-0.4, -0.2) is 28.5 Å². The Balaban J connectivity index is 1.46. The van der Waals surface area contributed by atoms with E-state index in [0.717, 1.165) is 14.9 Å². The number of thioether (sulfide) groups is 1. The van der Waals surface area contributed by atoms with Gasteiger partial charge in [-0.1, -0.05) is 52.3 Å². The Morgan fingerprint density at radius 3 is 2.46 bits per heavy atom. The smallest absolute Gasteiger partial charge is 0.272 e. The van der Waals surface area contributed by atoms with E-state index in [1.54, 1.807) is 60.1 Å². The Morgan fingerprint density at radius 2 is 1.73 bits per heavy atom. The normalized spacial score (nSPS) is 11.0. The molecule has 186 valence electrons. The molecule has 3 amide bonds. The van der Waals surface area contributed by atoms with Gasteiger partial charge in [-0.05, 0) is 54.1 Å². The van der Waals surface area contributed by atoms with E-state index < -0.39 is 11.8 Å². The number of rotatable bonds is 9. The summed E-state index contributed by atoms with van der Waals surface area (Å²) in [5.74, 6) is -0.845. The van der Waals surface area contributed by atoms with Gasteiger partial charge in [-0.15, -0.1) is 23.1 Å². The third kappa shape index (κ3) is 8.14.